The Balaban J connectivity index is 2.00. The molecule has 0 unspecified atom stereocenters. The van der Waals surface area contributed by atoms with Crippen LogP contribution in [0.2, 0.25) is 0 Å². The second-order valence-corrected chi connectivity index (χ2v) is 6.34. The van der Waals surface area contributed by atoms with Gasteiger partial charge in [0.05, 0.1) is 0 Å². The van der Waals surface area contributed by atoms with Crippen LogP contribution in [0.25, 0.3) is 33.1 Å². The molecule has 0 aliphatic rings. The number of furan rings is 1. The van der Waals surface area contributed by atoms with E-state index in [1.807, 2.05) is 42.5 Å². The summed E-state index contributed by atoms with van der Waals surface area (Å²) < 4.78 is 7.06. The molecule has 0 spiro atoms. The quantitative estimate of drug-likeness (QED) is 0.532. The fraction of sp³-hybridized carbons (Fsp3) is 0. The minimum absolute atomic E-state index is 0.453. The first-order valence-electron chi connectivity index (χ1n) is 7.21. The minimum atomic E-state index is -1.49. The third kappa shape index (κ3) is 2.47. The zero-order valence-electron chi connectivity index (χ0n) is 12.0. The summed E-state index contributed by atoms with van der Waals surface area (Å²) in [5.41, 5.74) is 4.06. The zero-order valence-corrected chi connectivity index (χ0v) is 13.6. The molecule has 4 aromatic rings. The highest BCUT2D eigenvalue weighted by Gasteiger charge is 2.16. The number of fused-ring (bicyclic) bond motifs is 3. The van der Waals surface area contributed by atoms with Gasteiger partial charge in [-0.1, -0.05) is 58.4 Å². The van der Waals surface area contributed by atoms with Crippen molar-refractivity contribution in [2.75, 3.05) is 0 Å². The number of halogens is 1. The molecular formula is C18H12BBrO3. The Morgan fingerprint density at radius 2 is 1.65 bits per heavy atom. The third-order valence-corrected chi connectivity index (χ3v) is 4.50. The van der Waals surface area contributed by atoms with Crippen molar-refractivity contribution in [3.8, 4) is 11.1 Å². The molecule has 0 amide bonds. The number of hydrogen-bond acceptors (Lipinski definition) is 3. The molecule has 0 aliphatic carbocycles. The van der Waals surface area contributed by atoms with Crippen LogP contribution < -0.4 is 5.46 Å². The normalized spacial score (nSPS) is 11.3. The van der Waals surface area contributed by atoms with Crippen molar-refractivity contribution in [3.63, 3.8) is 0 Å². The first-order valence-corrected chi connectivity index (χ1v) is 8.00. The Hall–Kier alpha value is -2.08. The van der Waals surface area contributed by atoms with E-state index in [1.54, 1.807) is 18.2 Å². The fourth-order valence-electron chi connectivity index (χ4n) is 2.83. The Morgan fingerprint density at radius 3 is 2.39 bits per heavy atom. The maximum atomic E-state index is 9.37. The molecule has 0 aliphatic heterocycles. The van der Waals surface area contributed by atoms with Gasteiger partial charge in [0.1, 0.15) is 11.2 Å². The lowest BCUT2D eigenvalue weighted by atomic mass is 9.80. The van der Waals surface area contributed by atoms with E-state index in [1.165, 1.54) is 0 Å². The minimum Gasteiger partial charge on any atom is -0.455 e. The van der Waals surface area contributed by atoms with Crippen LogP contribution in [0.5, 0.6) is 0 Å². The molecule has 0 bridgehead atoms. The van der Waals surface area contributed by atoms with Gasteiger partial charge in [0.15, 0.2) is 0 Å². The zero-order chi connectivity index (χ0) is 16.0. The second-order valence-electron chi connectivity index (χ2n) is 5.42. The van der Waals surface area contributed by atoms with Crippen molar-refractivity contribution in [1.82, 2.24) is 0 Å². The Morgan fingerprint density at radius 1 is 0.870 bits per heavy atom. The van der Waals surface area contributed by atoms with Gasteiger partial charge in [-0.25, -0.2) is 0 Å². The summed E-state index contributed by atoms with van der Waals surface area (Å²) in [7, 11) is -1.49. The van der Waals surface area contributed by atoms with E-state index >= 15 is 0 Å². The first-order chi connectivity index (χ1) is 11.1. The topological polar surface area (TPSA) is 53.6 Å². The highest BCUT2D eigenvalue weighted by atomic mass is 79.9. The van der Waals surface area contributed by atoms with Crippen molar-refractivity contribution >= 4 is 50.4 Å². The van der Waals surface area contributed by atoms with E-state index in [2.05, 4.69) is 15.9 Å². The van der Waals surface area contributed by atoms with Crippen molar-refractivity contribution in [3.05, 3.63) is 65.1 Å². The highest BCUT2D eigenvalue weighted by Crippen LogP contribution is 2.35. The van der Waals surface area contributed by atoms with Gasteiger partial charge in [-0.2, -0.15) is 0 Å². The van der Waals surface area contributed by atoms with Crippen molar-refractivity contribution in [2.24, 2.45) is 0 Å². The van der Waals surface area contributed by atoms with Crippen LogP contribution in [0, 0.1) is 0 Å². The largest absolute Gasteiger partial charge is 0.488 e. The maximum absolute atomic E-state index is 9.37. The van der Waals surface area contributed by atoms with Crippen molar-refractivity contribution in [2.45, 2.75) is 0 Å². The summed E-state index contributed by atoms with van der Waals surface area (Å²) in [6.07, 6.45) is 0. The molecule has 3 nitrogen and oxygen atoms in total. The van der Waals surface area contributed by atoms with Crippen LogP contribution in [0.3, 0.4) is 0 Å². The molecule has 0 saturated heterocycles. The van der Waals surface area contributed by atoms with Gasteiger partial charge in [-0.3, -0.25) is 0 Å². The number of benzene rings is 3. The average molecular weight is 367 g/mol. The highest BCUT2D eigenvalue weighted by molar-refractivity contribution is 9.10. The molecule has 3 aromatic carbocycles. The lowest BCUT2D eigenvalue weighted by Crippen LogP contribution is -2.29. The molecule has 0 radical (unpaired) electrons. The summed E-state index contributed by atoms with van der Waals surface area (Å²) in [5, 5.41) is 20.6. The van der Waals surface area contributed by atoms with Gasteiger partial charge >= 0.3 is 7.12 Å². The fourth-order valence-corrected chi connectivity index (χ4v) is 3.10. The lowest BCUT2D eigenvalue weighted by molar-refractivity contribution is 0.426. The molecule has 112 valence electrons. The molecule has 0 fully saturated rings. The number of hydrogen-bond donors (Lipinski definition) is 2. The molecule has 1 aromatic heterocycles. The van der Waals surface area contributed by atoms with Crippen LogP contribution in [0.15, 0.2) is 69.6 Å². The molecule has 0 saturated carbocycles. The van der Waals surface area contributed by atoms with E-state index in [0.29, 0.717) is 5.46 Å². The van der Waals surface area contributed by atoms with E-state index < -0.39 is 7.12 Å². The van der Waals surface area contributed by atoms with E-state index in [-0.39, 0.29) is 0 Å². The standard InChI is InChI=1S/C18H12BBrO3/c20-13-7-4-11(5-8-13)14-2-1-3-15-16-10-12(19(21)22)6-9-17(16)23-18(14)15/h1-10,21-22H. The Kier molecular flexibility index (Phi) is 3.49. The molecule has 2 N–H and O–H groups in total. The monoisotopic (exact) mass is 366 g/mol. The van der Waals surface area contributed by atoms with Crippen LogP contribution in [-0.4, -0.2) is 17.2 Å². The summed E-state index contributed by atoms with van der Waals surface area (Å²) in [4.78, 5) is 0. The van der Waals surface area contributed by atoms with Gasteiger partial charge in [0.25, 0.3) is 0 Å². The molecule has 23 heavy (non-hydrogen) atoms. The summed E-state index contributed by atoms with van der Waals surface area (Å²) in [6.45, 7) is 0. The smallest absolute Gasteiger partial charge is 0.455 e. The van der Waals surface area contributed by atoms with Gasteiger partial charge in [0, 0.05) is 20.8 Å². The molecule has 4 rings (SSSR count). The predicted molar refractivity (Wildman–Crippen MR) is 96.7 cm³/mol. The molecule has 5 heteroatoms. The summed E-state index contributed by atoms with van der Waals surface area (Å²) in [5.74, 6) is 0. The van der Waals surface area contributed by atoms with E-state index in [4.69, 9.17) is 4.42 Å². The Bertz CT molecular complexity index is 1010. The molecular weight excluding hydrogens is 355 g/mol. The van der Waals surface area contributed by atoms with Gasteiger partial charge in [-0.05, 0) is 29.2 Å². The second kappa shape index (κ2) is 5.53. The first kappa shape index (κ1) is 14.5. The van der Waals surface area contributed by atoms with Gasteiger partial charge < -0.3 is 14.5 Å². The van der Waals surface area contributed by atoms with Crippen molar-refractivity contribution in [1.29, 1.82) is 0 Å². The van der Waals surface area contributed by atoms with E-state index in [9.17, 15) is 10.0 Å². The van der Waals surface area contributed by atoms with Crippen LogP contribution in [0.4, 0.5) is 0 Å². The molecule has 1 heterocycles. The molecule has 0 atom stereocenters. The van der Waals surface area contributed by atoms with E-state index in [0.717, 1.165) is 37.5 Å². The lowest BCUT2D eigenvalue weighted by Gasteiger charge is -2.02. The Labute approximate surface area is 141 Å². The summed E-state index contributed by atoms with van der Waals surface area (Å²) >= 11 is 3.45. The maximum Gasteiger partial charge on any atom is 0.488 e. The summed E-state index contributed by atoms with van der Waals surface area (Å²) in [6, 6.07) is 19.3. The average Bonchev–Trinajstić information content (AvgIpc) is 2.93. The third-order valence-electron chi connectivity index (χ3n) is 3.97. The van der Waals surface area contributed by atoms with Crippen LogP contribution >= 0.6 is 15.9 Å². The van der Waals surface area contributed by atoms with Gasteiger partial charge in [0.2, 0.25) is 0 Å². The number of rotatable bonds is 2. The van der Waals surface area contributed by atoms with Crippen molar-refractivity contribution < 1.29 is 14.5 Å². The van der Waals surface area contributed by atoms with Crippen LogP contribution in [0.1, 0.15) is 0 Å². The van der Waals surface area contributed by atoms with Gasteiger partial charge in [-0.15, -0.1) is 0 Å². The SMILES string of the molecule is OB(O)c1ccc2oc3c(-c4ccc(Br)cc4)cccc3c2c1. The number of para-hydroxylation sites is 1. The van der Waals surface area contributed by atoms with Crippen LogP contribution in [-0.2, 0) is 0 Å². The predicted octanol–water partition coefficient (Wildman–Crippen LogP) is 3.70.